The predicted molar refractivity (Wildman–Crippen MR) is 92.8 cm³/mol. The molecule has 0 unspecified atom stereocenters. The van der Waals surface area contributed by atoms with Crippen LogP contribution < -0.4 is 10.1 Å². The lowest BCUT2D eigenvalue weighted by Crippen LogP contribution is -2.51. The van der Waals surface area contributed by atoms with Crippen LogP contribution in [0.5, 0.6) is 5.75 Å². The summed E-state index contributed by atoms with van der Waals surface area (Å²) in [4.78, 5) is 14.6. The van der Waals surface area contributed by atoms with Crippen molar-refractivity contribution in [3.05, 3.63) is 29.8 Å². The molecule has 7 heteroatoms. The van der Waals surface area contributed by atoms with E-state index in [0.29, 0.717) is 0 Å². The van der Waals surface area contributed by atoms with Crippen LogP contribution >= 0.6 is 0 Å². The number of hydrogen-bond donors (Lipinski definition) is 2. The van der Waals surface area contributed by atoms with Crippen molar-refractivity contribution in [3.63, 3.8) is 0 Å². The fraction of sp³-hybridized carbons (Fsp3) is 0.632. The molecule has 1 aliphatic carbocycles. The van der Waals surface area contributed by atoms with Gasteiger partial charge in [0.15, 0.2) is 17.7 Å². The monoisotopic (exact) mass is 368 g/mol. The number of benzene rings is 1. The molecule has 1 saturated heterocycles. The molecular weight excluding hydrogens is 342 g/mol. The summed E-state index contributed by atoms with van der Waals surface area (Å²) in [6.45, 7) is 3.29. The molecule has 1 saturated carbocycles. The summed E-state index contributed by atoms with van der Waals surface area (Å²) in [6, 6.07) is 3.52. The van der Waals surface area contributed by atoms with Crippen molar-refractivity contribution in [2.45, 2.75) is 63.3 Å². The number of piperidine rings is 1. The number of nitrogens with zero attached hydrogens (tertiary/aromatic N) is 1. The topological polar surface area (TPSA) is 61.8 Å². The average Bonchev–Trinajstić information content (AvgIpc) is 3.05. The van der Waals surface area contributed by atoms with Crippen LogP contribution in [0.3, 0.4) is 0 Å². The van der Waals surface area contributed by atoms with E-state index in [1.807, 2.05) is 0 Å². The molecule has 2 N–H and O–H groups in total. The molecule has 2 aliphatic rings. The molecule has 26 heavy (non-hydrogen) atoms. The van der Waals surface area contributed by atoms with E-state index in [1.54, 1.807) is 6.92 Å². The van der Waals surface area contributed by atoms with E-state index in [0.717, 1.165) is 57.3 Å². The van der Waals surface area contributed by atoms with Crippen LogP contribution in [0.25, 0.3) is 0 Å². The zero-order valence-electron chi connectivity index (χ0n) is 15.0. The number of aliphatic hydroxyl groups excluding tert-OH is 1. The SMILES string of the molecule is C[C@H](Oc1ccc(F)c(F)c1)C(=O)NC1CCN([C@H]2CCC[C@H]2O)CC1. The number of aliphatic hydroxyl groups is 1. The molecule has 0 bridgehead atoms. The second kappa shape index (κ2) is 8.31. The molecule has 1 heterocycles. The molecule has 5 nitrogen and oxygen atoms in total. The predicted octanol–water partition coefficient (Wildman–Crippen LogP) is 2.23. The fourth-order valence-corrected chi connectivity index (χ4v) is 3.85. The number of likely N-dealkylation sites (tertiary alicyclic amines) is 1. The van der Waals surface area contributed by atoms with Gasteiger partial charge < -0.3 is 15.2 Å². The molecule has 3 atom stereocenters. The first-order chi connectivity index (χ1) is 12.4. The third-order valence-corrected chi connectivity index (χ3v) is 5.36. The number of nitrogens with one attached hydrogen (secondary N) is 1. The van der Waals surface area contributed by atoms with Gasteiger partial charge in [-0.1, -0.05) is 0 Å². The molecule has 0 aromatic heterocycles. The van der Waals surface area contributed by atoms with Gasteiger partial charge in [0, 0.05) is 31.2 Å². The molecule has 0 spiro atoms. The molecular formula is C19H26F2N2O3. The molecule has 2 fully saturated rings. The van der Waals surface area contributed by atoms with E-state index in [1.165, 1.54) is 6.07 Å². The number of hydrogen-bond acceptors (Lipinski definition) is 4. The second-order valence-corrected chi connectivity index (χ2v) is 7.22. The lowest BCUT2D eigenvalue weighted by atomic mass is 10.0. The molecule has 1 amide bonds. The van der Waals surface area contributed by atoms with Gasteiger partial charge in [0.25, 0.3) is 5.91 Å². The zero-order chi connectivity index (χ0) is 18.7. The van der Waals surface area contributed by atoms with Crippen LogP contribution in [0, 0.1) is 11.6 Å². The van der Waals surface area contributed by atoms with Crippen molar-refractivity contribution in [1.29, 1.82) is 0 Å². The third kappa shape index (κ3) is 4.51. The Morgan fingerprint density at radius 1 is 1.23 bits per heavy atom. The molecule has 144 valence electrons. The van der Waals surface area contributed by atoms with Crippen molar-refractivity contribution in [2.24, 2.45) is 0 Å². The molecule has 1 aliphatic heterocycles. The molecule has 1 aromatic carbocycles. The van der Waals surface area contributed by atoms with Crippen LogP contribution in [-0.2, 0) is 4.79 Å². The van der Waals surface area contributed by atoms with Crippen LogP contribution in [0.2, 0.25) is 0 Å². The van der Waals surface area contributed by atoms with Gasteiger partial charge >= 0.3 is 0 Å². The highest BCUT2D eigenvalue weighted by molar-refractivity contribution is 5.81. The van der Waals surface area contributed by atoms with Gasteiger partial charge in [-0.15, -0.1) is 0 Å². The first-order valence-electron chi connectivity index (χ1n) is 9.28. The summed E-state index contributed by atoms with van der Waals surface area (Å²) in [5.41, 5.74) is 0. The minimum atomic E-state index is -1.00. The lowest BCUT2D eigenvalue weighted by molar-refractivity contribution is -0.128. The van der Waals surface area contributed by atoms with Gasteiger partial charge in [0.2, 0.25) is 0 Å². The standard InChI is InChI=1S/C19H26F2N2O3/c1-12(26-14-5-6-15(20)16(21)11-14)19(25)22-13-7-9-23(10-8-13)17-3-2-4-18(17)24/h5-6,11-13,17-18,24H,2-4,7-10H2,1H3,(H,22,25)/t12-,17-,18+/m0/s1. The maximum atomic E-state index is 13.2. The maximum Gasteiger partial charge on any atom is 0.260 e. The van der Waals surface area contributed by atoms with Crippen LogP contribution in [0.1, 0.15) is 39.0 Å². The van der Waals surface area contributed by atoms with Crippen molar-refractivity contribution < 1.29 is 23.4 Å². The van der Waals surface area contributed by atoms with Crippen molar-refractivity contribution >= 4 is 5.91 Å². The Balaban J connectivity index is 1.45. The summed E-state index contributed by atoms with van der Waals surface area (Å²) in [6.07, 6.45) is 3.61. The summed E-state index contributed by atoms with van der Waals surface area (Å²) in [7, 11) is 0. The third-order valence-electron chi connectivity index (χ3n) is 5.36. The van der Waals surface area contributed by atoms with E-state index in [4.69, 9.17) is 4.74 Å². The number of carbonyl (C=O) groups is 1. The van der Waals surface area contributed by atoms with Crippen LogP contribution in [-0.4, -0.2) is 53.3 Å². The Hall–Kier alpha value is -1.73. The van der Waals surface area contributed by atoms with E-state index in [9.17, 15) is 18.7 Å². The molecule has 1 aromatic rings. The Bertz CT molecular complexity index is 635. The summed E-state index contributed by atoms with van der Waals surface area (Å²) >= 11 is 0. The van der Waals surface area contributed by atoms with Crippen LogP contribution in [0.15, 0.2) is 18.2 Å². The second-order valence-electron chi connectivity index (χ2n) is 7.22. The fourth-order valence-electron chi connectivity index (χ4n) is 3.85. The largest absolute Gasteiger partial charge is 0.481 e. The molecule has 0 radical (unpaired) electrons. The smallest absolute Gasteiger partial charge is 0.260 e. The van der Waals surface area contributed by atoms with E-state index in [2.05, 4.69) is 10.2 Å². The summed E-state index contributed by atoms with van der Waals surface area (Å²) in [5, 5.41) is 13.0. The highest BCUT2D eigenvalue weighted by atomic mass is 19.2. The van der Waals surface area contributed by atoms with E-state index < -0.39 is 17.7 Å². The minimum absolute atomic E-state index is 0.0632. The summed E-state index contributed by atoms with van der Waals surface area (Å²) in [5.74, 6) is -2.10. The van der Waals surface area contributed by atoms with Gasteiger partial charge in [-0.05, 0) is 51.2 Å². The highest BCUT2D eigenvalue weighted by Crippen LogP contribution is 2.26. The van der Waals surface area contributed by atoms with E-state index in [-0.39, 0.29) is 29.8 Å². The average molecular weight is 368 g/mol. The Morgan fingerprint density at radius 2 is 1.96 bits per heavy atom. The van der Waals surface area contributed by atoms with Crippen molar-refractivity contribution in [1.82, 2.24) is 10.2 Å². The number of halogens is 2. The Kier molecular flexibility index (Phi) is 6.09. The van der Waals surface area contributed by atoms with Crippen molar-refractivity contribution in [3.8, 4) is 5.75 Å². The lowest BCUT2D eigenvalue weighted by Gasteiger charge is -2.37. The zero-order valence-corrected chi connectivity index (χ0v) is 15.0. The van der Waals surface area contributed by atoms with E-state index >= 15 is 0 Å². The number of ether oxygens (including phenoxy) is 1. The van der Waals surface area contributed by atoms with Gasteiger partial charge in [-0.25, -0.2) is 8.78 Å². The van der Waals surface area contributed by atoms with Crippen molar-refractivity contribution in [2.75, 3.05) is 13.1 Å². The highest BCUT2D eigenvalue weighted by Gasteiger charge is 2.33. The first kappa shape index (κ1) is 19.0. The minimum Gasteiger partial charge on any atom is -0.481 e. The molecule has 3 rings (SSSR count). The maximum absolute atomic E-state index is 13.2. The Morgan fingerprint density at radius 3 is 2.58 bits per heavy atom. The quantitative estimate of drug-likeness (QED) is 0.837. The van der Waals surface area contributed by atoms with Gasteiger partial charge in [-0.2, -0.15) is 0 Å². The number of carbonyl (C=O) groups excluding carboxylic acids is 1. The van der Waals surface area contributed by atoms with Gasteiger partial charge in [0.05, 0.1) is 6.10 Å². The number of amides is 1. The normalized spacial score (nSPS) is 25.8. The van der Waals surface area contributed by atoms with Gasteiger partial charge in [0.1, 0.15) is 5.75 Å². The first-order valence-corrected chi connectivity index (χ1v) is 9.28. The summed E-state index contributed by atoms with van der Waals surface area (Å²) < 4.78 is 31.6. The van der Waals surface area contributed by atoms with Gasteiger partial charge in [-0.3, -0.25) is 9.69 Å². The number of rotatable bonds is 5. The Labute approximate surface area is 152 Å². The van der Waals surface area contributed by atoms with Crippen LogP contribution in [0.4, 0.5) is 8.78 Å².